The van der Waals surface area contributed by atoms with Crippen molar-refractivity contribution in [1.29, 1.82) is 0 Å². The van der Waals surface area contributed by atoms with Crippen molar-refractivity contribution < 1.29 is 4.79 Å². The minimum atomic E-state index is 0.0430. The lowest BCUT2D eigenvalue weighted by Gasteiger charge is -2.25. The number of amides is 1. The molecule has 3 aromatic rings. The van der Waals surface area contributed by atoms with Crippen molar-refractivity contribution in [3.63, 3.8) is 0 Å². The first-order chi connectivity index (χ1) is 12.6. The lowest BCUT2D eigenvalue weighted by atomic mass is 9.90. The third-order valence-electron chi connectivity index (χ3n) is 4.51. The Balaban J connectivity index is 1.47. The number of aryl methyl sites for hydroxylation is 2. The predicted molar refractivity (Wildman–Crippen MR) is 99.5 cm³/mol. The van der Waals surface area contributed by atoms with Gasteiger partial charge in [0.25, 0.3) is 0 Å². The molecule has 1 aliphatic rings. The normalized spacial score (nSPS) is 16.1. The molecule has 7 nitrogen and oxygen atoms in total. The first-order valence-electron chi connectivity index (χ1n) is 8.60. The van der Waals surface area contributed by atoms with Gasteiger partial charge in [0.2, 0.25) is 5.91 Å². The van der Waals surface area contributed by atoms with Gasteiger partial charge in [-0.05, 0) is 43.7 Å². The summed E-state index contributed by atoms with van der Waals surface area (Å²) in [5.41, 5.74) is 4.00. The highest BCUT2D eigenvalue weighted by atomic mass is 16.1. The second-order valence-corrected chi connectivity index (χ2v) is 6.53. The van der Waals surface area contributed by atoms with E-state index >= 15 is 0 Å². The van der Waals surface area contributed by atoms with Gasteiger partial charge < -0.3 is 10.6 Å². The second kappa shape index (κ2) is 6.59. The fraction of sp³-hybridized carbons (Fsp3) is 0.263. The molecular formula is C19H20N6O. The average Bonchev–Trinajstić information content (AvgIpc) is 2.98. The van der Waals surface area contributed by atoms with Crippen LogP contribution in [-0.4, -0.2) is 32.4 Å². The molecule has 0 spiro atoms. The predicted octanol–water partition coefficient (Wildman–Crippen LogP) is 2.82. The van der Waals surface area contributed by atoms with E-state index in [0.717, 1.165) is 22.6 Å². The van der Waals surface area contributed by atoms with E-state index in [-0.39, 0.29) is 11.8 Å². The highest BCUT2D eigenvalue weighted by Crippen LogP contribution is 2.31. The first kappa shape index (κ1) is 16.3. The van der Waals surface area contributed by atoms with Crippen LogP contribution in [-0.2, 0) is 4.79 Å². The Morgan fingerprint density at radius 3 is 2.77 bits per heavy atom. The molecule has 0 unspecified atom stereocenters. The number of aromatic nitrogens is 4. The minimum Gasteiger partial charge on any atom is -0.368 e. The van der Waals surface area contributed by atoms with E-state index in [4.69, 9.17) is 0 Å². The Morgan fingerprint density at radius 2 is 2.04 bits per heavy atom. The van der Waals surface area contributed by atoms with E-state index < -0.39 is 0 Å². The number of nitrogens with zero attached hydrogens (tertiary/aromatic N) is 4. The van der Waals surface area contributed by atoms with Crippen LogP contribution in [0.5, 0.6) is 0 Å². The van der Waals surface area contributed by atoms with Gasteiger partial charge in [-0.15, -0.1) is 10.2 Å². The molecule has 0 saturated carbocycles. The third kappa shape index (κ3) is 3.15. The maximum absolute atomic E-state index is 11.9. The number of carbonyl (C=O) groups is 1. The molecule has 132 valence electrons. The molecule has 0 radical (unpaired) electrons. The number of hydrogen-bond donors (Lipinski definition) is 2. The van der Waals surface area contributed by atoms with E-state index in [0.29, 0.717) is 24.6 Å². The van der Waals surface area contributed by atoms with Gasteiger partial charge in [-0.3, -0.25) is 4.79 Å². The number of nitrogens with one attached hydrogen (secondary N) is 2. The van der Waals surface area contributed by atoms with E-state index in [1.165, 1.54) is 0 Å². The quantitative estimate of drug-likeness (QED) is 0.757. The van der Waals surface area contributed by atoms with Crippen molar-refractivity contribution in [3.8, 4) is 5.82 Å². The topological polar surface area (TPSA) is 84.7 Å². The molecular weight excluding hydrogens is 328 g/mol. The van der Waals surface area contributed by atoms with Crippen LogP contribution >= 0.6 is 0 Å². The number of benzene rings is 1. The molecule has 4 rings (SSSR count). The molecule has 2 N–H and O–H groups in total. The molecule has 0 aliphatic carbocycles. The van der Waals surface area contributed by atoms with Gasteiger partial charge in [-0.25, -0.2) is 4.68 Å². The van der Waals surface area contributed by atoms with Crippen molar-refractivity contribution in [3.05, 3.63) is 59.4 Å². The fourth-order valence-electron chi connectivity index (χ4n) is 3.31. The Hall–Kier alpha value is -3.22. The van der Waals surface area contributed by atoms with Crippen LogP contribution < -0.4 is 10.6 Å². The van der Waals surface area contributed by atoms with Gasteiger partial charge in [-0.2, -0.15) is 5.10 Å². The summed E-state index contributed by atoms with van der Waals surface area (Å²) in [5.74, 6) is 1.51. The van der Waals surface area contributed by atoms with Gasteiger partial charge >= 0.3 is 0 Å². The van der Waals surface area contributed by atoms with Gasteiger partial charge in [0.1, 0.15) is 5.82 Å². The summed E-state index contributed by atoms with van der Waals surface area (Å²) < 4.78 is 1.77. The van der Waals surface area contributed by atoms with Gasteiger partial charge in [0, 0.05) is 30.3 Å². The van der Waals surface area contributed by atoms with Crippen LogP contribution in [0.1, 0.15) is 29.3 Å². The Morgan fingerprint density at radius 1 is 1.19 bits per heavy atom. The zero-order valence-electron chi connectivity index (χ0n) is 14.7. The summed E-state index contributed by atoms with van der Waals surface area (Å²) in [6, 6.07) is 13.7. The highest BCUT2D eigenvalue weighted by molar-refractivity contribution is 5.94. The largest absolute Gasteiger partial charge is 0.368 e. The van der Waals surface area contributed by atoms with Crippen LogP contribution in [0, 0.1) is 13.8 Å². The first-order valence-corrected chi connectivity index (χ1v) is 8.60. The molecule has 1 amide bonds. The molecule has 2 aromatic heterocycles. The van der Waals surface area contributed by atoms with Crippen molar-refractivity contribution >= 4 is 17.4 Å². The summed E-state index contributed by atoms with van der Waals surface area (Å²) in [4.78, 5) is 11.9. The zero-order valence-corrected chi connectivity index (χ0v) is 14.7. The van der Waals surface area contributed by atoms with Gasteiger partial charge in [0.15, 0.2) is 5.82 Å². The summed E-state index contributed by atoms with van der Waals surface area (Å²) >= 11 is 0. The van der Waals surface area contributed by atoms with E-state index in [1.807, 2.05) is 50.2 Å². The molecule has 3 heterocycles. The fourth-order valence-corrected chi connectivity index (χ4v) is 3.31. The van der Waals surface area contributed by atoms with Gasteiger partial charge in [0.05, 0.1) is 5.69 Å². The van der Waals surface area contributed by atoms with Crippen LogP contribution in [0.3, 0.4) is 0 Å². The number of anilines is 2. The molecule has 0 fully saturated rings. The minimum absolute atomic E-state index is 0.0430. The SMILES string of the molecule is Cc1cc(C)n(-c2ccc(NC[C@H]3CC(=O)Nc4ccccc43)nn2)n1. The van der Waals surface area contributed by atoms with Crippen molar-refractivity contribution in [2.75, 3.05) is 17.2 Å². The molecule has 0 saturated heterocycles. The summed E-state index contributed by atoms with van der Waals surface area (Å²) in [7, 11) is 0. The maximum atomic E-state index is 11.9. The van der Waals surface area contributed by atoms with Crippen LogP contribution in [0.25, 0.3) is 5.82 Å². The maximum Gasteiger partial charge on any atom is 0.225 e. The van der Waals surface area contributed by atoms with Crippen molar-refractivity contribution in [2.24, 2.45) is 0 Å². The molecule has 0 bridgehead atoms. The zero-order chi connectivity index (χ0) is 18.1. The lowest BCUT2D eigenvalue weighted by molar-refractivity contribution is -0.116. The Labute approximate surface area is 151 Å². The smallest absolute Gasteiger partial charge is 0.225 e. The van der Waals surface area contributed by atoms with E-state index in [2.05, 4.69) is 32.0 Å². The van der Waals surface area contributed by atoms with Crippen molar-refractivity contribution in [2.45, 2.75) is 26.2 Å². The van der Waals surface area contributed by atoms with Crippen molar-refractivity contribution in [1.82, 2.24) is 20.0 Å². The second-order valence-electron chi connectivity index (χ2n) is 6.53. The monoisotopic (exact) mass is 348 g/mol. The number of para-hydroxylation sites is 1. The number of hydrogen-bond acceptors (Lipinski definition) is 5. The Bertz CT molecular complexity index is 947. The molecule has 1 aromatic carbocycles. The highest BCUT2D eigenvalue weighted by Gasteiger charge is 2.24. The summed E-state index contributed by atoms with van der Waals surface area (Å²) in [6.07, 6.45) is 0.460. The standard InChI is InChI=1S/C19H20N6O/c1-12-9-13(2)25(24-12)18-8-7-17(22-23-18)20-11-14-10-19(26)21-16-6-4-3-5-15(14)16/h3-9,14H,10-11H2,1-2H3,(H,20,22)(H,21,26)/t14-/m1/s1. The van der Waals surface area contributed by atoms with Gasteiger partial charge in [-0.1, -0.05) is 18.2 Å². The number of rotatable bonds is 4. The molecule has 7 heteroatoms. The van der Waals surface area contributed by atoms with Crippen LogP contribution in [0.4, 0.5) is 11.5 Å². The molecule has 26 heavy (non-hydrogen) atoms. The number of carbonyl (C=O) groups excluding carboxylic acids is 1. The van der Waals surface area contributed by atoms with E-state index in [9.17, 15) is 4.79 Å². The van der Waals surface area contributed by atoms with E-state index in [1.54, 1.807) is 4.68 Å². The Kier molecular flexibility index (Phi) is 4.12. The molecule has 1 atom stereocenters. The van der Waals surface area contributed by atoms with Crippen LogP contribution in [0.2, 0.25) is 0 Å². The average molecular weight is 348 g/mol. The summed E-state index contributed by atoms with van der Waals surface area (Å²) in [5, 5.41) is 19.1. The van der Waals surface area contributed by atoms with Crippen LogP contribution in [0.15, 0.2) is 42.5 Å². The third-order valence-corrected chi connectivity index (χ3v) is 4.51. The lowest BCUT2D eigenvalue weighted by Crippen LogP contribution is -2.27. The number of fused-ring (bicyclic) bond motifs is 1. The molecule has 1 aliphatic heterocycles. The summed E-state index contributed by atoms with van der Waals surface area (Å²) in [6.45, 7) is 4.56.